The van der Waals surface area contributed by atoms with E-state index in [0.717, 1.165) is 0 Å². The molecule has 3 nitrogen and oxygen atoms in total. The smallest absolute Gasteiger partial charge is 0.217 e. The lowest BCUT2D eigenvalue weighted by molar-refractivity contribution is 0.232. The first-order valence-electron chi connectivity index (χ1n) is 3.79. The minimum atomic E-state index is -0.710. The maximum absolute atomic E-state index is 12.9. The van der Waals surface area contributed by atoms with Gasteiger partial charge >= 0.3 is 0 Å². The summed E-state index contributed by atoms with van der Waals surface area (Å²) in [5.74, 6) is -0.475. The fraction of sp³-hybridized carbons (Fsp3) is 0.375. The fourth-order valence-electron chi connectivity index (χ4n) is 0.795. The third kappa shape index (κ3) is 2.45. The Kier molecular flexibility index (Phi) is 2.93. The zero-order chi connectivity index (χ0) is 10.0. The van der Waals surface area contributed by atoms with Crippen LogP contribution in [0.25, 0.3) is 0 Å². The molecule has 72 valence electrons. The maximum atomic E-state index is 12.9. The molecule has 0 atom stereocenters. The average molecular weight is 205 g/mol. The van der Waals surface area contributed by atoms with E-state index in [2.05, 4.69) is 4.98 Å². The summed E-state index contributed by atoms with van der Waals surface area (Å²) in [4.78, 5) is 3.66. The summed E-state index contributed by atoms with van der Waals surface area (Å²) in [7, 11) is 0. The topological polar surface area (TPSA) is 48.1 Å². The van der Waals surface area contributed by atoms with Crippen LogP contribution < -0.4 is 10.5 Å². The summed E-state index contributed by atoms with van der Waals surface area (Å²) in [5, 5.41) is -0.268. The largest absolute Gasteiger partial charge is 0.475 e. The van der Waals surface area contributed by atoms with E-state index in [9.17, 15) is 4.39 Å². The molecule has 0 aliphatic rings. The molecule has 0 bridgehead atoms. The SMILES string of the molecule is CC(C)Oc1cc(N)c(F)c(Cl)n1. The van der Waals surface area contributed by atoms with Crippen LogP contribution in [0.15, 0.2) is 6.07 Å². The first kappa shape index (κ1) is 10.1. The Hall–Kier alpha value is -1.03. The zero-order valence-corrected chi connectivity index (χ0v) is 8.10. The van der Waals surface area contributed by atoms with Crippen LogP contribution in [0.4, 0.5) is 10.1 Å². The third-order valence-electron chi connectivity index (χ3n) is 1.28. The van der Waals surface area contributed by atoms with Gasteiger partial charge in [0.25, 0.3) is 0 Å². The molecule has 0 saturated carbocycles. The zero-order valence-electron chi connectivity index (χ0n) is 7.34. The second-order valence-electron chi connectivity index (χ2n) is 2.82. The number of nitrogens with two attached hydrogens (primary N) is 1. The van der Waals surface area contributed by atoms with E-state index in [0.29, 0.717) is 0 Å². The molecule has 0 fully saturated rings. The third-order valence-corrected chi connectivity index (χ3v) is 1.53. The van der Waals surface area contributed by atoms with E-state index in [1.165, 1.54) is 6.07 Å². The van der Waals surface area contributed by atoms with Crippen LogP contribution in [0, 0.1) is 5.82 Å². The van der Waals surface area contributed by atoms with E-state index >= 15 is 0 Å². The molecule has 1 rings (SSSR count). The van der Waals surface area contributed by atoms with Gasteiger partial charge in [-0.2, -0.15) is 4.98 Å². The van der Waals surface area contributed by atoms with Gasteiger partial charge in [-0.3, -0.25) is 0 Å². The molecule has 1 heterocycles. The Morgan fingerprint density at radius 3 is 2.69 bits per heavy atom. The monoisotopic (exact) mass is 204 g/mol. The molecule has 0 radical (unpaired) electrons. The summed E-state index contributed by atoms with van der Waals surface area (Å²) in [6, 6.07) is 1.31. The summed E-state index contributed by atoms with van der Waals surface area (Å²) in [6.45, 7) is 3.66. The van der Waals surface area contributed by atoms with Crippen LogP contribution in [0.2, 0.25) is 5.15 Å². The molecule has 13 heavy (non-hydrogen) atoms. The fourth-order valence-corrected chi connectivity index (χ4v) is 0.988. The minimum Gasteiger partial charge on any atom is -0.475 e. The molecule has 5 heteroatoms. The summed E-state index contributed by atoms with van der Waals surface area (Å²) in [5.41, 5.74) is 5.26. The minimum absolute atomic E-state index is 0.0478. The summed E-state index contributed by atoms with van der Waals surface area (Å²) < 4.78 is 18.1. The summed E-state index contributed by atoms with van der Waals surface area (Å²) in [6.07, 6.45) is -0.0478. The van der Waals surface area contributed by atoms with Crippen LogP contribution in [0.1, 0.15) is 13.8 Å². The van der Waals surface area contributed by atoms with Crippen molar-refractivity contribution in [3.05, 3.63) is 17.0 Å². The Labute approximate surface area is 80.7 Å². The van der Waals surface area contributed by atoms with Crippen molar-refractivity contribution in [3.63, 3.8) is 0 Å². The van der Waals surface area contributed by atoms with Crippen molar-refractivity contribution in [3.8, 4) is 5.88 Å². The second-order valence-corrected chi connectivity index (χ2v) is 3.18. The first-order valence-corrected chi connectivity index (χ1v) is 4.16. The number of hydrogen-bond donors (Lipinski definition) is 1. The quantitative estimate of drug-likeness (QED) is 0.752. The molecule has 0 aliphatic carbocycles. The van der Waals surface area contributed by atoms with Crippen molar-refractivity contribution >= 4 is 17.3 Å². The van der Waals surface area contributed by atoms with Crippen molar-refractivity contribution in [1.29, 1.82) is 0 Å². The van der Waals surface area contributed by atoms with E-state index in [1.807, 2.05) is 13.8 Å². The van der Waals surface area contributed by atoms with Crippen LogP contribution in [0.3, 0.4) is 0 Å². The van der Waals surface area contributed by atoms with Crippen molar-refractivity contribution in [2.45, 2.75) is 20.0 Å². The van der Waals surface area contributed by atoms with Gasteiger partial charge in [-0.15, -0.1) is 0 Å². The van der Waals surface area contributed by atoms with Crippen molar-refractivity contribution in [2.75, 3.05) is 5.73 Å². The summed E-state index contributed by atoms with van der Waals surface area (Å²) >= 11 is 5.46. The van der Waals surface area contributed by atoms with Crippen molar-refractivity contribution in [1.82, 2.24) is 4.98 Å². The molecule has 2 N–H and O–H groups in total. The van der Waals surface area contributed by atoms with Gasteiger partial charge in [-0.05, 0) is 13.8 Å². The lowest BCUT2D eigenvalue weighted by Crippen LogP contribution is -2.08. The Bertz CT molecular complexity index is 294. The number of halogens is 2. The molecule has 0 unspecified atom stereocenters. The van der Waals surface area contributed by atoms with E-state index < -0.39 is 5.82 Å². The predicted octanol–water partition coefficient (Wildman–Crippen LogP) is 2.24. The van der Waals surface area contributed by atoms with Gasteiger partial charge in [0.2, 0.25) is 5.88 Å². The number of pyridine rings is 1. The normalized spacial score (nSPS) is 10.5. The van der Waals surface area contributed by atoms with Gasteiger partial charge in [0.1, 0.15) is 0 Å². The highest BCUT2D eigenvalue weighted by molar-refractivity contribution is 6.29. The molecule has 0 aliphatic heterocycles. The second kappa shape index (κ2) is 3.79. The molecule has 1 aromatic rings. The number of nitrogen functional groups attached to an aromatic ring is 1. The molecule has 1 aromatic heterocycles. The lowest BCUT2D eigenvalue weighted by atomic mass is 10.4. The number of nitrogens with zero attached hydrogens (tertiary/aromatic N) is 1. The Balaban J connectivity index is 2.99. The highest BCUT2D eigenvalue weighted by Crippen LogP contribution is 2.23. The lowest BCUT2D eigenvalue weighted by Gasteiger charge is -2.09. The maximum Gasteiger partial charge on any atom is 0.217 e. The highest BCUT2D eigenvalue weighted by Gasteiger charge is 2.09. The van der Waals surface area contributed by atoms with Gasteiger partial charge in [-0.1, -0.05) is 11.6 Å². The highest BCUT2D eigenvalue weighted by atomic mass is 35.5. The van der Waals surface area contributed by atoms with Crippen LogP contribution in [-0.4, -0.2) is 11.1 Å². The number of aromatic nitrogens is 1. The predicted molar refractivity (Wildman–Crippen MR) is 49.4 cm³/mol. The number of anilines is 1. The average Bonchev–Trinajstić information content (AvgIpc) is 1.98. The van der Waals surface area contributed by atoms with Gasteiger partial charge in [0.15, 0.2) is 11.0 Å². The molecule has 0 aromatic carbocycles. The van der Waals surface area contributed by atoms with Crippen LogP contribution in [-0.2, 0) is 0 Å². The number of ether oxygens (including phenoxy) is 1. The molecular formula is C8H10ClFN2O. The van der Waals surface area contributed by atoms with Gasteiger partial charge in [0, 0.05) is 6.07 Å². The van der Waals surface area contributed by atoms with E-state index in [4.69, 9.17) is 22.1 Å². The number of rotatable bonds is 2. The van der Waals surface area contributed by atoms with Gasteiger partial charge in [-0.25, -0.2) is 4.39 Å². The van der Waals surface area contributed by atoms with Crippen molar-refractivity contribution in [2.24, 2.45) is 0 Å². The molecular weight excluding hydrogens is 195 g/mol. The molecule has 0 spiro atoms. The van der Waals surface area contributed by atoms with E-state index in [-0.39, 0.29) is 22.8 Å². The Morgan fingerprint density at radius 1 is 1.62 bits per heavy atom. The number of hydrogen-bond acceptors (Lipinski definition) is 3. The molecule has 0 saturated heterocycles. The van der Waals surface area contributed by atoms with Crippen LogP contribution in [0.5, 0.6) is 5.88 Å². The van der Waals surface area contributed by atoms with Crippen molar-refractivity contribution < 1.29 is 9.13 Å². The molecule has 0 amide bonds. The standard InChI is InChI=1S/C8H10ClFN2O/c1-4(2)13-6-3-5(11)7(10)8(9)12-6/h3-4H,1-2H3,(H2,11,12). The first-order chi connectivity index (χ1) is 6.00. The van der Waals surface area contributed by atoms with E-state index in [1.54, 1.807) is 0 Å². The van der Waals surface area contributed by atoms with Gasteiger partial charge < -0.3 is 10.5 Å². The van der Waals surface area contributed by atoms with Crippen LogP contribution >= 0.6 is 11.6 Å². The Morgan fingerprint density at radius 2 is 2.23 bits per heavy atom. The van der Waals surface area contributed by atoms with Gasteiger partial charge in [0.05, 0.1) is 11.8 Å².